The largest absolute Gasteiger partial charge is 0.337 e. The lowest BCUT2D eigenvalue weighted by atomic mass is 10.1. The van der Waals surface area contributed by atoms with Crippen LogP contribution in [-0.4, -0.2) is 37.5 Å². The predicted molar refractivity (Wildman–Crippen MR) is 100 cm³/mol. The summed E-state index contributed by atoms with van der Waals surface area (Å²) < 4.78 is 5.45. The van der Waals surface area contributed by atoms with Crippen molar-refractivity contribution in [3.8, 4) is 0 Å². The maximum Gasteiger partial charge on any atom is 0.254 e. The minimum atomic E-state index is -0.168. The van der Waals surface area contributed by atoms with Crippen LogP contribution in [0, 0.1) is 13.8 Å². The molecule has 0 radical (unpaired) electrons. The number of aromatic nitrogens is 4. The van der Waals surface area contributed by atoms with Crippen LogP contribution in [0.25, 0.3) is 11.0 Å². The van der Waals surface area contributed by atoms with Crippen LogP contribution in [0.15, 0.2) is 22.7 Å². The van der Waals surface area contributed by atoms with E-state index in [0.717, 1.165) is 35.3 Å². The van der Waals surface area contributed by atoms with Gasteiger partial charge >= 0.3 is 0 Å². The number of benzene rings is 1. The average molecular weight is 365 g/mol. The smallest absolute Gasteiger partial charge is 0.254 e. The van der Waals surface area contributed by atoms with E-state index >= 15 is 0 Å². The van der Waals surface area contributed by atoms with Crippen LogP contribution < -0.4 is 0 Å². The molecule has 1 aliphatic rings. The van der Waals surface area contributed by atoms with Gasteiger partial charge in [-0.25, -0.2) is 9.97 Å². The fourth-order valence-electron chi connectivity index (χ4n) is 3.41. The predicted octanol–water partition coefficient (Wildman–Crippen LogP) is 3.73. The fraction of sp³-hybridized carbons (Fsp3) is 0.450. The first kappa shape index (κ1) is 17.6. The molecule has 27 heavy (non-hydrogen) atoms. The highest BCUT2D eigenvalue weighted by Gasteiger charge is 2.34. The van der Waals surface area contributed by atoms with Gasteiger partial charge in [0.05, 0.1) is 22.4 Å². The fourth-order valence-corrected chi connectivity index (χ4v) is 3.41. The molecular formula is C20H23N5O2. The molecule has 1 aliphatic heterocycles. The summed E-state index contributed by atoms with van der Waals surface area (Å²) >= 11 is 0. The van der Waals surface area contributed by atoms with Gasteiger partial charge in [-0.15, -0.1) is 0 Å². The molecule has 7 nitrogen and oxygen atoms in total. The summed E-state index contributed by atoms with van der Waals surface area (Å²) in [6, 6.07) is 5.33. The number of carbonyl (C=O) groups is 1. The number of hydrogen-bond acceptors (Lipinski definition) is 6. The zero-order valence-corrected chi connectivity index (χ0v) is 16.1. The van der Waals surface area contributed by atoms with Crippen LogP contribution in [0.5, 0.6) is 0 Å². The molecule has 1 amide bonds. The van der Waals surface area contributed by atoms with Crippen LogP contribution in [0.4, 0.5) is 0 Å². The lowest BCUT2D eigenvalue weighted by Crippen LogP contribution is -2.30. The molecule has 3 aromatic rings. The lowest BCUT2D eigenvalue weighted by molar-refractivity contribution is 0.0710. The van der Waals surface area contributed by atoms with Gasteiger partial charge < -0.3 is 9.42 Å². The van der Waals surface area contributed by atoms with Crippen molar-refractivity contribution in [2.24, 2.45) is 0 Å². The standard InChI is InChI=1S/C20H23N5O2/c1-11(2)18-23-19(27-24-18)17-6-5-9-25(17)20(26)14-7-8-15-16(10-14)22-13(4)12(3)21-15/h7-8,10-11,17H,5-6,9H2,1-4H3/t17-/m0/s1. The molecule has 0 aliphatic carbocycles. The number of likely N-dealkylation sites (tertiary alicyclic amines) is 1. The number of nitrogens with zero attached hydrogens (tertiary/aromatic N) is 5. The second-order valence-electron chi connectivity index (χ2n) is 7.40. The van der Waals surface area contributed by atoms with E-state index in [-0.39, 0.29) is 17.9 Å². The minimum Gasteiger partial charge on any atom is -0.337 e. The topological polar surface area (TPSA) is 85.0 Å². The third-order valence-corrected chi connectivity index (χ3v) is 5.09. The first-order chi connectivity index (χ1) is 12.9. The van der Waals surface area contributed by atoms with Gasteiger partial charge in [0.1, 0.15) is 6.04 Å². The second-order valence-corrected chi connectivity index (χ2v) is 7.40. The monoisotopic (exact) mass is 365 g/mol. The molecule has 0 saturated carbocycles. The Bertz CT molecular complexity index is 1010. The Labute approximate surface area is 157 Å². The van der Waals surface area contributed by atoms with Gasteiger partial charge in [-0.1, -0.05) is 19.0 Å². The van der Waals surface area contributed by atoms with E-state index in [1.807, 2.05) is 50.8 Å². The van der Waals surface area contributed by atoms with Crippen molar-refractivity contribution < 1.29 is 9.32 Å². The van der Waals surface area contributed by atoms with E-state index in [9.17, 15) is 4.79 Å². The van der Waals surface area contributed by atoms with Crippen LogP contribution in [-0.2, 0) is 0 Å². The van der Waals surface area contributed by atoms with E-state index in [1.165, 1.54) is 0 Å². The van der Waals surface area contributed by atoms with Crippen LogP contribution in [0.1, 0.15) is 72.1 Å². The lowest BCUT2D eigenvalue weighted by Gasteiger charge is -2.22. The second kappa shape index (κ2) is 6.72. The van der Waals surface area contributed by atoms with Crippen LogP contribution in [0.2, 0.25) is 0 Å². The number of aryl methyl sites for hydroxylation is 2. The average Bonchev–Trinajstić information content (AvgIpc) is 3.30. The molecule has 1 fully saturated rings. The van der Waals surface area contributed by atoms with Gasteiger partial charge in [-0.05, 0) is 44.9 Å². The van der Waals surface area contributed by atoms with Gasteiger partial charge in [0, 0.05) is 18.0 Å². The van der Waals surface area contributed by atoms with Gasteiger partial charge in [-0.2, -0.15) is 4.98 Å². The molecule has 0 unspecified atom stereocenters. The highest BCUT2D eigenvalue weighted by Crippen LogP contribution is 2.33. The Kier molecular flexibility index (Phi) is 4.37. The Morgan fingerprint density at radius 2 is 1.89 bits per heavy atom. The molecule has 140 valence electrons. The zero-order chi connectivity index (χ0) is 19.1. The van der Waals surface area contributed by atoms with Crippen molar-refractivity contribution >= 4 is 16.9 Å². The number of hydrogen-bond donors (Lipinski definition) is 0. The molecule has 1 aromatic carbocycles. The summed E-state index contributed by atoms with van der Waals surface area (Å²) in [4.78, 5) is 28.6. The molecule has 4 rings (SSSR count). The molecule has 1 atom stereocenters. The van der Waals surface area contributed by atoms with Crippen molar-refractivity contribution in [3.05, 3.63) is 46.9 Å². The molecule has 2 aromatic heterocycles. The first-order valence-corrected chi connectivity index (χ1v) is 9.33. The third kappa shape index (κ3) is 3.18. The Hall–Kier alpha value is -2.83. The Morgan fingerprint density at radius 1 is 1.15 bits per heavy atom. The quantitative estimate of drug-likeness (QED) is 0.703. The van der Waals surface area contributed by atoms with E-state index in [4.69, 9.17) is 4.52 Å². The molecule has 0 spiro atoms. The van der Waals surface area contributed by atoms with Gasteiger partial charge in [0.2, 0.25) is 5.89 Å². The Morgan fingerprint density at radius 3 is 2.59 bits per heavy atom. The van der Waals surface area contributed by atoms with Gasteiger partial charge in [0.15, 0.2) is 5.82 Å². The summed E-state index contributed by atoms with van der Waals surface area (Å²) in [5.41, 5.74) is 3.91. The van der Waals surface area contributed by atoms with E-state index in [1.54, 1.807) is 0 Å². The number of amides is 1. The van der Waals surface area contributed by atoms with Crippen molar-refractivity contribution in [3.63, 3.8) is 0 Å². The molecule has 3 heterocycles. The highest BCUT2D eigenvalue weighted by atomic mass is 16.5. The van der Waals surface area contributed by atoms with E-state index < -0.39 is 0 Å². The van der Waals surface area contributed by atoms with Crippen molar-refractivity contribution in [1.82, 2.24) is 25.0 Å². The summed E-state index contributed by atoms with van der Waals surface area (Å²) in [6.07, 6.45) is 1.75. The summed E-state index contributed by atoms with van der Waals surface area (Å²) in [7, 11) is 0. The third-order valence-electron chi connectivity index (χ3n) is 5.09. The molecule has 0 bridgehead atoms. The molecule has 7 heteroatoms. The minimum absolute atomic E-state index is 0.0382. The maximum atomic E-state index is 13.2. The van der Waals surface area contributed by atoms with Crippen LogP contribution >= 0.6 is 0 Å². The first-order valence-electron chi connectivity index (χ1n) is 9.33. The summed E-state index contributed by atoms with van der Waals surface area (Å²) in [5, 5.41) is 4.04. The maximum absolute atomic E-state index is 13.2. The molecular weight excluding hydrogens is 342 g/mol. The molecule has 1 saturated heterocycles. The molecule has 0 N–H and O–H groups in total. The van der Waals surface area contributed by atoms with Crippen molar-refractivity contribution in [2.45, 2.75) is 52.5 Å². The zero-order valence-electron chi connectivity index (χ0n) is 16.1. The summed E-state index contributed by atoms with van der Waals surface area (Å²) in [5.74, 6) is 1.36. The van der Waals surface area contributed by atoms with Gasteiger partial charge in [-0.3, -0.25) is 4.79 Å². The SMILES string of the molecule is Cc1nc2ccc(C(=O)N3CCC[C@H]3c3nc(C(C)C)no3)cc2nc1C. The number of carbonyl (C=O) groups excluding carboxylic acids is 1. The van der Waals surface area contributed by atoms with Gasteiger partial charge in [0.25, 0.3) is 5.91 Å². The summed E-state index contributed by atoms with van der Waals surface area (Å²) in [6.45, 7) is 8.58. The van der Waals surface area contributed by atoms with E-state index in [0.29, 0.717) is 23.8 Å². The number of rotatable bonds is 3. The van der Waals surface area contributed by atoms with Crippen LogP contribution in [0.3, 0.4) is 0 Å². The normalized spacial score (nSPS) is 17.2. The van der Waals surface area contributed by atoms with E-state index in [2.05, 4.69) is 20.1 Å². The Balaban J connectivity index is 1.64. The van der Waals surface area contributed by atoms with Crippen molar-refractivity contribution in [1.29, 1.82) is 0 Å². The van der Waals surface area contributed by atoms with Crippen molar-refractivity contribution in [2.75, 3.05) is 6.54 Å². The number of fused-ring (bicyclic) bond motifs is 1. The highest BCUT2D eigenvalue weighted by molar-refractivity contribution is 5.97.